The fourth-order valence-corrected chi connectivity index (χ4v) is 3.56. The molecule has 3 rings (SSSR count). The number of methoxy groups -OCH3 is 1. The Kier molecular flexibility index (Phi) is 7.15. The largest absolute Gasteiger partial charge is 0.496 e. The standard InChI is InChI=1S/C24H26BrNO3/c1-4-5-6-11-26-24(27)12-16(2)19-13-20-21(17-7-9-18(25)10-8-17)15-29-23(20)14-22(19)28-3/h7-10,12-15H,4-6,11H2,1-3H3,(H,26,27)/b16-12+. The van der Waals surface area contributed by atoms with Crippen molar-refractivity contribution < 1.29 is 13.9 Å². The third-order valence-corrected chi connectivity index (χ3v) is 5.43. The van der Waals surface area contributed by atoms with Crippen molar-refractivity contribution in [1.82, 2.24) is 5.32 Å². The molecule has 0 saturated heterocycles. The van der Waals surface area contributed by atoms with E-state index < -0.39 is 0 Å². The average molecular weight is 456 g/mol. The minimum atomic E-state index is -0.0823. The molecule has 1 heterocycles. The Hall–Kier alpha value is -2.53. The molecule has 2 aromatic carbocycles. The van der Waals surface area contributed by atoms with E-state index in [1.807, 2.05) is 43.3 Å². The molecule has 0 unspecified atom stereocenters. The van der Waals surface area contributed by atoms with Crippen LogP contribution in [0.1, 0.15) is 38.7 Å². The summed E-state index contributed by atoms with van der Waals surface area (Å²) in [6.07, 6.45) is 6.64. The van der Waals surface area contributed by atoms with Crippen molar-refractivity contribution in [2.75, 3.05) is 13.7 Å². The zero-order valence-electron chi connectivity index (χ0n) is 17.0. The van der Waals surface area contributed by atoms with Crippen LogP contribution in [0.25, 0.3) is 27.7 Å². The van der Waals surface area contributed by atoms with Crippen LogP contribution >= 0.6 is 15.9 Å². The molecule has 1 amide bonds. The van der Waals surface area contributed by atoms with Gasteiger partial charge < -0.3 is 14.5 Å². The second-order valence-electron chi connectivity index (χ2n) is 7.03. The van der Waals surface area contributed by atoms with E-state index in [1.165, 1.54) is 0 Å². The van der Waals surface area contributed by atoms with E-state index in [2.05, 4.69) is 28.2 Å². The zero-order valence-corrected chi connectivity index (χ0v) is 18.6. The van der Waals surface area contributed by atoms with E-state index in [0.717, 1.165) is 57.0 Å². The van der Waals surface area contributed by atoms with Crippen molar-refractivity contribution in [3.8, 4) is 16.9 Å². The van der Waals surface area contributed by atoms with Gasteiger partial charge in [-0.05, 0) is 42.7 Å². The number of furan rings is 1. The summed E-state index contributed by atoms with van der Waals surface area (Å²) in [5, 5.41) is 3.94. The summed E-state index contributed by atoms with van der Waals surface area (Å²) in [5.41, 5.74) is 4.55. The second kappa shape index (κ2) is 9.79. The van der Waals surface area contributed by atoms with Crippen LogP contribution in [0.4, 0.5) is 0 Å². The number of carbonyl (C=O) groups excluding carboxylic acids is 1. The van der Waals surface area contributed by atoms with Gasteiger partial charge in [0.2, 0.25) is 5.91 Å². The number of amides is 1. The molecule has 0 bridgehead atoms. The molecule has 0 spiro atoms. The van der Waals surface area contributed by atoms with E-state index in [1.54, 1.807) is 19.4 Å². The predicted octanol–water partition coefficient (Wildman–Crippen LogP) is 6.58. The van der Waals surface area contributed by atoms with Crippen molar-refractivity contribution in [2.24, 2.45) is 0 Å². The highest BCUT2D eigenvalue weighted by atomic mass is 79.9. The zero-order chi connectivity index (χ0) is 20.8. The first-order chi connectivity index (χ1) is 14.0. The monoisotopic (exact) mass is 455 g/mol. The molecule has 5 heteroatoms. The lowest BCUT2D eigenvalue weighted by atomic mass is 9.99. The Labute approximate surface area is 180 Å². The van der Waals surface area contributed by atoms with Crippen molar-refractivity contribution in [1.29, 1.82) is 0 Å². The Morgan fingerprint density at radius 1 is 1.21 bits per heavy atom. The molecule has 1 N–H and O–H groups in total. The second-order valence-corrected chi connectivity index (χ2v) is 7.95. The van der Waals surface area contributed by atoms with Crippen molar-refractivity contribution in [3.05, 3.63) is 58.8 Å². The minimum absolute atomic E-state index is 0.0823. The van der Waals surface area contributed by atoms with E-state index >= 15 is 0 Å². The van der Waals surface area contributed by atoms with Crippen LogP contribution in [-0.4, -0.2) is 19.6 Å². The molecule has 0 atom stereocenters. The molecule has 3 aromatic rings. The molecule has 29 heavy (non-hydrogen) atoms. The van der Waals surface area contributed by atoms with Gasteiger partial charge in [-0.2, -0.15) is 0 Å². The maximum Gasteiger partial charge on any atom is 0.244 e. The number of unbranched alkanes of at least 4 members (excludes halogenated alkanes) is 2. The van der Waals surface area contributed by atoms with Gasteiger partial charge >= 0.3 is 0 Å². The van der Waals surface area contributed by atoms with Gasteiger partial charge in [0.15, 0.2) is 0 Å². The summed E-state index contributed by atoms with van der Waals surface area (Å²) in [6.45, 7) is 4.77. The number of halogens is 1. The molecular weight excluding hydrogens is 430 g/mol. The van der Waals surface area contributed by atoms with Gasteiger partial charge in [0.1, 0.15) is 11.3 Å². The highest BCUT2D eigenvalue weighted by Gasteiger charge is 2.15. The Bertz CT molecular complexity index is 1020. The number of nitrogens with one attached hydrogen (secondary N) is 1. The van der Waals surface area contributed by atoms with Crippen LogP contribution in [0.5, 0.6) is 5.75 Å². The molecule has 0 saturated carbocycles. The summed E-state index contributed by atoms with van der Waals surface area (Å²) < 4.78 is 12.4. The van der Waals surface area contributed by atoms with E-state index in [4.69, 9.17) is 9.15 Å². The van der Waals surface area contributed by atoms with Gasteiger partial charge in [-0.15, -0.1) is 0 Å². The first-order valence-corrected chi connectivity index (χ1v) is 10.6. The van der Waals surface area contributed by atoms with Gasteiger partial charge in [0.05, 0.1) is 13.4 Å². The molecule has 0 fully saturated rings. The number of carbonyl (C=O) groups is 1. The normalized spacial score (nSPS) is 11.7. The molecule has 0 aliphatic carbocycles. The Balaban J connectivity index is 1.94. The quantitative estimate of drug-likeness (QED) is 0.308. The molecule has 152 valence electrons. The first-order valence-electron chi connectivity index (χ1n) is 9.85. The van der Waals surface area contributed by atoms with Crippen LogP contribution in [0, 0.1) is 0 Å². The smallest absolute Gasteiger partial charge is 0.244 e. The number of hydrogen-bond donors (Lipinski definition) is 1. The van der Waals surface area contributed by atoms with Crippen molar-refractivity contribution in [3.63, 3.8) is 0 Å². The third kappa shape index (κ3) is 5.10. The summed E-state index contributed by atoms with van der Waals surface area (Å²) in [7, 11) is 1.63. The summed E-state index contributed by atoms with van der Waals surface area (Å²) in [4.78, 5) is 12.3. The Morgan fingerprint density at radius 3 is 2.66 bits per heavy atom. The Morgan fingerprint density at radius 2 is 1.97 bits per heavy atom. The van der Waals surface area contributed by atoms with Crippen LogP contribution in [0.3, 0.4) is 0 Å². The maximum absolute atomic E-state index is 12.3. The number of fused-ring (bicyclic) bond motifs is 1. The number of hydrogen-bond acceptors (Lipinski definition) is 3. The lowest BCUT2D eigenvalue weighted by molar-refractivity contribution is -0.116. The highest BCUT2D eigenvalue weighted by Crippen LogP contribution is 2.37. The molecule has 1 aromatic heterocycles. The maximum atomic E-state index is 12.3. The predicted molar refractivity (Wildman–Crippen MR) is 122 cm³/mol. The number of allylic oxidation sites excluding steroid dienone is 1. The summed E-state index contributed by atoms with van der Waals surface area (Å²) >= 11 is 3.47. The van der Waals surface area contributed by atoms with Crippen molar-refractivity contribution in [2.45, 2.75) is 33.1 Å². The van der Waals surface area contributed by atoms with Gasteiger partial charge in [-0.1, -0.05) is 47.8 Å². The molecular formula is C24H26BrNO3. The van der Waals surface area contributed by atoms with Crippen LogP contribution < -0.4 is 10.1 Å². The van der Waals surface area contributed by atoms with E-state index in [0.29, 0.717) is 12.3 Å². The van der Waals surface area contributed by atoms with Gasteiger partial charge in [0, 0.05) is 39.7 Å². The fourth-order valence-electron chi connectivity index (χ4n) is 3.30. The van der Waals surface area contributed by atoms with Crippen LogP contribution in [0.15, 0.2) is 57.6 Å². The van der Waals surface area contributed by atoms with Crippen LogP contribution in [-0.2, 0) is 4.79 Å². The lowest BCUT2D eigenvalue weighted by Gasteiger charge is -2.10. The number of rotatable bonds is 8. The van der Waals surface area contributed by atoms with Crippen LogP contribution in [0.2, 0.25) is 0 Å². The fraction of sp³-hybridized carbons (Fsp3) is 0.292. The number of benzene rings is 2. The molecule has 0 aliphatic heterocycles. The average Bonchev–Trinajstić information content (AvgIpc) is 3.13. The van der Waals surface area contributed by atoms with Gasteiger partial charge in [-0.25, -0.2) is 0 Å². The third-order valence-electron chi connectivity index (χ3n) is 4.90. The summed E-state index contributed by atoms with van der Waals surface area (Å²) in [6, 6.07) is 12.0. The molecule has 4 nitrogen and oxygen atoms in total. The van der Waals surface area contributed by atoms with E-state index in [9.17, 15) is 4.79 Å². The van der Waals surface area contributed by atoms with Gasteiger partial charge in [0.25, 0.3) is 0 Å². The first kappa shape index (κ1) is 21.2. The lowest BCUT2D eigenvalue weighted by Crippen LogP contribution is -2.22. The van der Waals surface area contributed by atoms with E-state index in [-0.39, 0.29) is 5.91 Å². The number of ether oxygens (including phenoxy) is 1. The SMILES string of the molecule is CCCCCNC(=O)/C=C(\C)c1cc2c(-c3ccc(Br)cc3)coc2cc1OC. The van der Waals surface area contributed by atoms with Crippen molar-refractivity contribution >= 4 is 38.4 Å². The topological polar surface area (TPSA) is 51.5 Å². The highest BCUT2D eigenvalue weighted by molar-refractivity contribution is 9.10. The molecule has 0 radical (unpaired) electrons. The summed E-state index contributed by atoms with van der Waals surface area (Å²) in [5.74, 6) is 0.600. The van der Waals surface area contributed by atoms with Gasteiger partial charge in [-0.3, -0.25) is 4.79 Å². The molecule has 0 aliphatic rings. The minimum Gasteiger partial charge on any atom is -0.496 e.